The van der Waals surface area contributed by atoms with Crippen LogP contribution in [0.5, 0.6) is 0 Å². The Hall–Kier alpha value is -2.10. The van der Waals surface area contributed by atoms with E-state index < -0.39 is 0 Å². The number of nitrogens with zero attached hydrogens (tertiary/aromatic N) is 2. The molecule has 4 nitrogen and oxygen atoms in total. The molecule has 0 aliphatic heterocycles. The molecule has 0 bridgehead atoms. The van der Waals surface area contributed by atoms with E-state index in [0.717, 1.165) is 10.9 Å². The number of esters is 1. The van der Waals surface area contributed by atoms with Crippen molar-refractivity contribution in [2.24, 2.45) is 0 Å². The van der Waals surface area contributed by atoms with E-state index in [1.165, 1.54) is 6.08 Å². The van der Waals surface area contributed by atoms with Crippen molar-refractivity contribution in [3.63, 3.8) is 0 Å². The van der Waals surface area contributed by atoms with E-state index in [1.807, 2.05) is 24.3 Å². The molecule has 16 heavy (non-hydrogen) atoms. The predicted molar refractivity (Wildman–Crippen MR) is 61.7 cm³/mol. The summed E-state index contributed by atoms with van der Waals surface area (Å²) in [7, 11) is 0. The van der Waals surface area contributed by atoms with Crippen molar-refractivity contribution in [2.45, 2.75) is 6.92 Å². The standard InChI is InChI=1S/C12H12N2O2/c1-2-16-12(15)7-8-14-11-6-4-3-5-10(11)9-13-14/h3-9H,2H2,1H3/b8-7+. The fraction of sp³-hybridized carbons (Fsp3) is 0.167. The Morgan fingerprint density at radius 2 is 2.31 bits per heavy atom. The summed E-state index contributed by atoms with van der Waals surface area (Å²) in [6, 6.07) is 7.79. The second kappa shape index (κ2) is 4.61. The summed E-state index contributed by atoms with van der Waals surface area (Å²) in [5.41, 5.74) is 0.961. The van der Waals surface area contributed by atoms with Crippen molar-refractivity contribution in [3.05, 3.63) is 36.5 Å². The Morgan fingerprint density at radius 3 is 3.12 bits per heavy atom. The molecule has 0 saturated carbocycles. The van der Waals surface area contributed by atoms with Crippen molar-refractivity contribution in [3.8, 4) is 0 Å². The maximum atomic E-state index is 11.1. The minimum Gasteiger partial charge on any atom is -0.463 e. The summed E-state index contributed by atoms with van der Waals surface area (Å²) < 4.78 is 6.43. The highest BCUT2D eigenvalue weighted by Crippen LogP contribution is 2.12. The first kappa shape index (κ1) is 10.4. The number of fused-ring (bicyclic) bond motifs is 1. The van der Waals surface area contributed by atoms with Crippen LogP contribution in [0.1, 0.15) is 6.92 Å². The first-order valence-corrected chi connectivity index (χ1v) is 5.08. The lowest BCUT2D eigenvalue weighted by Gasteiger charge is -1.96. The summed E-state index contributed by atoms with van der Waals surface area (Å²) in [5, 5.41) is 5.19. The molecule has 4 heteroatoms. The van der Waals surface area contributed by atoms with Crippen LogP contribution in [-0.2, 0) is 9.53 Å². The second-order valence-corrected chi connectivity index (χ2v) is 3.22. The van der Waals surface area contributed by atoms with Gasteiger partial charge in [0.15, 0.2) is 0 Å². The minimum atomic E-state index is -0.359. The lowest BCUT2D eigenvalue weighted by atomic mass is 10.3. The highest BCUT2D eigenvalue weighted by molar-refractivity contribution is 5.87. The van der Waals surface area contributed by atoms with Crippen LogP contribution in [-0.4, -0.2) is 22.4 Å². The monoisotopic (exact) mass is 216 g/mol. The van der Waals surface area contributed by atoms with E-state index in [1.54, 1.807) is 24.0 Å². The van der Waals surface area contributed by atoms with Gasteiger partial charge in [0.2, 0.25) is 0 Å². The number of para-hydroxylation sites is 1. The van der Waals surface area contributed by atoms with Crippen LogP contribution in [0, 0.1) is 0 Å². The maximum Gasteiger partial charge on any atom is 0.332 e. The molecule has 1 aromatic heterocycles. The molecule has 0 spiro atoms. The Bertz CT molecular complexity index is 529. The van der Waals surface area contributed by atoms with Gasteiger partial charge in [-0.1, -0.05) is 18.2 Å². The molecule has 2 aromatic rings. The fourth-order valence-electron chi connectivity index (χ4n) is 1.43. The van der Waals surface area contributed by atoms with Crippen molar-refractivity contribution in [1.82, 2.24) is 9.78 Å². The van der Waals surface area contributed by atoms with Gasteiger partial charge in [0, 0.05) is 17.7 Å². The SMILES string of the molecule is CCOC(=O)/C=C/n1ncc2ccccc21. The van der Waals surface area contributed by atoms with Crippen molar-refractivity contribution < 1.29 is 9.53 Å². The Balaban J connectivity index is 2.24. The molecule has 0 radical (unpaired) electrons. The van der Waals surface area contributed by atoms with Crippen LogP contribution in [0.15, 0.2) is 36.5 Å². The van der Waals surface area contributed by atoms with Gasteiger partial charge >= 0.3 is 5.97 Å². The van der Waals surface area contributed by atoms with E-state index in [9.17, 15) is 4.79 Å². The molecule has 0 N–H and O–H groups in total. The highest BCUT2D eigenvalue weighted by atomic mass is 16.5. The van der Waals surface area contributed by atoms with Gasteiger partial charge in [0.05, 0.1) is 18.3 Å². The van der Waals surface area contributed by atoms with Gasteiger partial charge in [0.1, 0.15) is 0 Å². The molecule has 0 atom stereocenters. The topological polar surface area (TPSA) is 44.1 Å². The highest BCUT2D eigenvalue weighted by Gasteiger charge is 1.99. The molecule has 0 amide bonds. The average Bonchev–Trinajstić information content (AvgIpc) is 2.70. The van der Waals surface area contributed by atoms with Gasteiger partial charge in [-0.2, -0.15) is 5.10 Å². The van der Waals surface area contributed by atoms with Crippen LogP contribution in [0.4, 0.5) is 0 Å². The Labute approximate surface area is 93.1 Å². The third kappa shape index (κ3) is 2.11. The lowest BCUT2D eigenvalue weighted by molar-refractivity contribution is -0.137. The quantitative estimate of drug-likeness (QED) is 0.582. The molecule has 1 heterocycles. The number of hydrogen-bond acceptors (Lipinski definition) is 3. The zero-order chi connectivity index (χ0) is 11.4. The van der Waals surface area contributed by atoms with Crippen molar-refractivity contribution in [2.75, 3.05) is 6.61 Å². The smallest absolute Gasteiger partial charge is 0.332 e. The fourth-order valence-corrected chi connectivity index (χ4v) is 1.43. The number of carbonyl (C=O) groups excluding carboxylic acids is 1. The van der Waals surface area contributed by atoms with Crippen LogP contribution in [0.2, 0.25) is 0 Å². The third-order valence-corrected chi connectivity index (χ3v) is 2.14. The summed E-state index contributed by atoms with van der Waals surface area (Å²) in [5.74, 6) is -0.359. The largest absolute Gasteiger partial charge is 0.463 e. The van der Waals surface area contributed by atoms with Crippen LogP contribution < -0.4 is 0 Å². The summed E-state index contributed by atoms with van der Waals surface area (Å²) in [6.45, 7) is 2.15. The van der Waals surface area contributed by atoms with E-state index in [4.69, 9.17) is 4.74 Å². The average molecular weight is 216 g/mol. The zero-order valence-corrected chi connectivity index (χ0v) is 8.96. The first-order valence-electron chi connectivity index (χ1n) is 5.08. The van der Waals surface area contributed by atoms with Gasteiger partial charge in [-0.15, -0.1) is 0 Å². The van der Waals surface area contributed by atoms with E-state index >= 15 is 0 Å². The Morgan fingerprint density at radius 1 is 1.50 bits per heavy atom. The van der Waals surface area contributed by atoms with Crippen LogP contribution in [0.3, 0.4) is 0 Å². The maximum absolute atomic E-state index is 11.1. The lowest BCUT2D eigenvalue weighted by Crippen LogP contribution is -2.00. The molecule has 0 aliphatic rings. The molecular weight excluding hydrogens is 204 g/mol. The molecule has 1 aromatic carbocycles. The van der Waals surface area contributed by atoms with Crippen molar-refractivity contribution >= 4 is 23.1 Å². The molecule has 0 saturated heterocycles. The van der Waals surface area contributed by atoms with E-state index in [-0.39, 0.29) is 5.97 Å². The molecule has 0 aliphatic carbocycles. The van der Waals surface area contributed by atoms with E-state index in [0.29, 0.717) is 6.61 Å². The molecule has 2 rings (SSSR count). The second-order valence-electron chi connectivity index (χ2n) is 3.22. The number of carbonyl (C=O) groups is 1. The normalized spacial score (nSPS) is 11.1. The predicted octanol–water partition coefficient (Wildman–Crippen LogP) is 2.07. The van der Waals surface area contributed by atoms with Gasteiger partial charge in [-0.3, -0.25) is 0 Å². The molecule has 0 fully saturated rings. The zero-order valence-electron chi connectivity index (χ0n) is 8.96. The third-order valence-electron chi connectivity index (χ3n) is 2.14. The number of rotatable bonds is 3. The summed E-state index contributed by atoms with van der Waals surface area (Å²) in [6.07, 6.45) is 4.72. The number of hydrogen-bond donors (Lipinski definition) is 0. The molecule has 82 valence electrons. The van der Waals surface area contributed by atoms with Gasteiger partial charge in [0.25, 0.3) is 0 Å². The summed E-state index contributed by atoms with van der Waals surface area (Å²) in [4.78, 5) is 11.1. The van der Waals surface area contributed by atoms with Gasteiger partial charge in [-0.25, -0.2) is 9.48 Å². The Kier molecular flexibility index (Phi) is 3.00. The number of aromatic nitrogens is 2. The molecular formula is C12H12N2O2. The minimum absolute atomic E-state index is 0.359. The number of benzene rings is 1. The summed E-state index contributed by atoms with van der Waals surface area (Å²) >= 11 is 0. The van der Waals surface area contributed by atoms with Gasteiger partial charge < -0.3 is 4.74 Å². The first-order chi connectivity index (χ1) is 7.81. The van der Waals surface area contributed by atoms with Crippen LogP contribution >= 0.6 is 0 Å². The van der Waals surface area contributed by atoms with Gasteiger partial charge in [-0.05, 0) is 13.0 Å². The van der Waals surface area contributed by atoms with E-state index in [2.05, 4.69) is 5.10 Å². The molecule has 0 unspecified atom stereocenters. The van der Waals surface area contributed by atoms with Crippen LogP contribution in [0.25, 0.3) is 17.1 Å². The number of ether oxygens (including phenoxy) is 1. The van der Waals surface area contributed by atoms with Crippen molar-refractivity contribution in [1.29, 1.82) is 0 Å².